The number of Topliss-reactive ketones (excluding diaryl/α,β-unsaturated/α-hetero) is 1. The fourth-order valence-electron chi connectivity index (χ4n) is 7.94. The number of carbonyl (C=O) groups excluding carboxylic acids is 6. The molecule has 73 heavy (non-hydrogen) atoms. The van der Waals surface area contributed by atoms with Crippen LogP contribution in [0.15, 0.2) is 11.3 Å². The van der Waals surface area contributed by atoms with Crippen LogP contribution >= 0.6 is 35.7 Å². The van der Waals surface area contributed by atoms with Crippen LogP contribution < -0.4 is 16.0 Å². The van der Waals surface area contributed by atoms with Gasteiger partial charge in [0.2, 0.25) is 11.8 Å². The first-order valence-corrected chi connectivity index (χ1v) is 24.8. The molecule has 2 amide bonds. The number of ketones is 1. The van der Waals surface area contributed by atoms with E-state index >= 15 is 0 Å². The first-order chi connectivity index (χ1) is 33.8. The molecule has 3 aliphatic rings. The van der Waals surface area contributed by atoms with E-state index in [1.54, 1.807) is 13.8 Å². The number of carboxylic acid groups (broad SMARTS) is 3. The molecule has 2 heterocycles. The van der Waals surface area contributed by atoms with E-state index in [-0.39, 0.29) is 15.8 Å². The highest BCUT2D eigenvalue weighted by Gasteiger charge is 2.62. The predicted molar refractivity (Wildman–Crippen MR) is 255 cm³/mol. The van der Waals surface area contributed by atoms with Gasteiger partial charge in [0.25, 0.3) is 0 Å². The van der Waals surface area contributed by atoms with E-state index in [2.05, 4.69) is 16.0 Å². The molecular weight excluding hydrogens is 1040 g/mol. The van der Waals surface area contributed by atoms with Gasteiger partial charge in [-0.15, -0.1) is 0 Å². The molecule has 0 spiro atoms. The second-order valence-corrected chi connectivity index (χ2v) is 20.7. The van der Waals surface area contributed by atoms with Crippen LogP contribution in [0.3, 0.4) is 0 Å². The first kappa shape index (κ1) is 62.2. The second kappa shape index (κ2) is 26.4. The second-order valence-electron chi connectivity index (χ2n) is 17.5. The number of carbonyl (C=O) groups is 9. The van der Waals surface area contributed by atoms with Gasteiger partial charge in [-0.1, -0.05) is 44.8 Å². The van der Waals surface area contributed by atoms with Crippen molar-refractivity contribution >= 4 is 99.2 Å². The Labute approximate surface area is 431 Å². The van der Waals surface area contributed by atoms with Gasteiger partial charge in [-0.2, -0.15) is 11.8 Å². The smallest absolute Gasteiger partial charge is 0.341 e. The summed E-state index contributed by atoms with van der Waals surface area (Å²) in [6.45, 7) is 9.44. The summed E-state index contributed by atoms with van der Waals surface area (Å²) in [6, 6.07) is -4.65. The number of hydrogen-bond donors (Lipinski definition) is 11. The fourth-order valence-corrected chi connectivity index (χ4v) is 10.1. The van der Waals surface area contributed by atoms with Crippen molar-refractivity contribution < 1.29 is 112 Å². The number of ether oxygens (including phenoxy) is 7. The third kappa shape index (κ3) is 15.5. The number of hydrogen-bond acceptors (Lipinski definition) is 24. The third-order valence-corrected chi connectivity index (χ3v) is 14.5. The number of esters is 3. The molecule has 15 atom stereocenters. The lowest BCUT2D eigenvalue weighted by molar-refractivity contribution is -0.345. The molecule has 0 saturated carbocycles. The van der Waals surface area contributed by atoms with Gasteiger partial charge < -0.3 is 84.9 Å². The van der Waals surface area contributed by atoms with Gasteiger partial charge in [-0.3, -0.25) is 29.4 Å². The molecule has 410 valence electrons. The van der Waals surface area contributed by atoms with E-state index in [1.165, 1.54) is 27.9 Å². The predicted octanol–water partition coefficient (Wildman–Crippen LogP) is -1.66. The average molecular weight is 1100 g/mol. The van der Waals surface area contributed by atoms with Crippen molar-refractivity contribution in [3.8, 4) is 0 Å². The Morgan fingerprint density at radius 1 is 0.890 bits per heavy atom. The number of amides is 2. The molecule has 11 N–H and O–H groups in total. The molecule has 27 nitrogen and oxygen atoms in total. The monoisotopic (exact) mass is 1100 g/mol. The first-order valence-electron chi connectivity index (χ1n) is 22.3. The van der Waals surface area contributed by atoms with Crippen LogP contribution in [0.1, 0.15) is 68.2 Å². The minimum absolute atomic E-state index is 0.269. The van der Waals surface area contributed by atoms with Gasteiger partial charge in [-0.05, 0) is 13.8 Å². The molecule has 0 bridgehead atoms. The zero-order valence-corrected chi connectivity index (χ0v) is 43.5. The lowest BCUT2D eigenvalue weighted by atomic mass is 9.74. The van der Waals surface area contributed by atoms with Gasteiger partial charge in [0.1, 0.15) is 76.6 Å². The highest BCUT2D eigenvalue weighted by molar-refractivity contribution is 8.23. The molecule has 0 aromatic heterocycles. The van der Waals surface area contributed by atoms with E-state index < -0.39 is 186 Å². The van der Waals surface area contributed by atoms with Crippen molar-refractivity contribution in [1.82, 2.24) is 16.0 Å². The highest BCUT2D eigenvalue weighted by atomic mass is 32.2. The SMILES string of the molecule is CO[C@H]1C[C@H](O[C@H]2[C@@H](O)[C@H](C3(O)CC(=O)C(=N)C(C(=O)O)=C3O)O[C@H](COC(C)=O)[C@H]2OC(=O)C(NC(=S)SCC(NC(C)=O)C(=O)O)C(C)SCC(NC(C)=O)C(=O)O)O[C@@H](C)[C@]1(O)C(C)OC(=O)C(C)C. The van der Waals surface area contributed by atoms with Crippen molar-refractivity contribution in [3.05, 3.63) is 11.3 Å². The summed E-state index contributed by atoms with van der Waals surface area (Å²) in [5.41, 5.74) is -7.85. The summed E-state index contributed by atoms with van der Waals surface area (Å²) >= 11 is 6.90. The Hall–Kier alpha value is -5.05. The van der Waals surface area contributed by atoms with Gasteiger partial charge in [0, 0.05) is 51.1 Å². The Morgan fingerprint density at radius 3 is 1.97 bits per heavy atom. The van der Waals surface area contributed by atoms with Gasteiger partial charge >= 0.3 is 35.8 Å². The highest BCUT2D eigenvalue weighted by Crippen LogP contribution is 2.42. The van der Waals surface area contributed by atoms with Gasteiger partial charge in [0.15, 0.2) is 29.4 Å². The topological polar surface area (TPSA) is 420 Å². The van der Waals surface area contributed by atoms with Crippen LogP contribution in [0.2, 0.25) is 0 Å². The molecule has 2 fully saturated rings. The summed E-state index contributed by atoms with van der Waals surface area (Å²) in [5, 5.41) is 91.2. The maximum atomic E-state index is 14.7. The summed E-state index contributed by atoms with van der Waals surface area (Å²) in [6.07, 6.45) is -18.1. The van der Waals surface area contributed by atoms with E-state index in [4.69, 9.17) is 50.8 Å². The van der Waals surface area contributed by atoms with Crippen molar-refractivity contribution in [2.45, 2.75) is 158 Å². The Kier molecular flexibility index (Phi) is 22.5. The maximum absolute atomic E-state index is 14.7. The molecule has 0 radical (unpaired) electrons. The quantitative estimate of drug-likeness (QED) is 0.0310. The van der Waals surface area contributed by atoms with Crippen molar-refractivity contribution in [2.75, 3.05) is 25.2 Å². The minimum Gasteiger partial charge on any atom is -0.508 e. The van der Waals surface area contributed by atoms with Crippen molar-refractivity contribution in [1.29, 1.82) is 5.41 Å². The zero-order valence-electron chi connectivity index (χ0n) is 41.0. The van der Waals surface area contributed by atoms with Crippen LogP contribution in [0, 0.1) is 11.3 Å². The number of aliphatic hydroxyl groups is 4. The average Bonchev–Trinajstić information content (AvgIpc) is 3.28. The molecule has 0 aromatic carbocycles. The van der Waals surface area contributed by atoms with Crippen LogP contribution in [-0.2, 0) is 76.3 Å². The normalized spacial score (nSPS) is 29.4. The summed E-state index contributed by atoms with van der Waals surface area (Å²) in [5.74, 6) is -13.5. The number of thioether (sulfide) groups is 2. The standard InChI is InChI=1S/C43H62N4O23S3/c1-15(2)39(60)67-18(5)43(63)17(4)66-27(10-26(43)64-9)69-33-31(52)35(42(62)11-24(51)29(44)28(34(42)53)38(58)59)68-25(12-65-21(8)50)32(33)70-40(61)30(16(3)72-13-22(36(54)55)45-19(6)48)47-41(71)73-14-23(37(56)57)46-20(7)49/h15-18,22-23,25-27,30-33,35,44,52-53,62-63H,10-14H2,1-9H3,(H,45,48)(H,46,49)(H,47,71)(H,54,55)(H,56,57)(H,58,59)/t16?,17-,18?,22?,23?,25+,26-,27-,30?,31+,32+,33-,35+,42?,43-/m0/s1. The van der Waals surface area contributed by atoms with E-state index in [9.17, 15) is 78.9 Å². The van der Waals surface area contributed by atoms with Crippen LogP contribution in [0.5, 0.6) is 0 Å². The van der Waals surface area contributed by atoms with E-state index in [0.717, 1.165) is 32.5 Å². The number of thiocarbonyl (C=S) groups is 1. The number of carboxylic acids is 3. The summed E-state index contributed by atoms with van der Waals surface area (Å²) in [7, 11) is 1.20. The third-order valence-electron chi connectivity index (χ3n) is 11.8. The lowest BCUT2D eigenvalue weighted by Crippen LogP contribution is -2.70. The van der Waals surface area contributed by atoms with Gasteiger partial charge in [0.05, 0.1) is 24.5 Å². The van der Waals surface area contributed by atoms with Gasteiger partial charge in [-0.25, -0.2) is 19.2 Å². The zero-order chi connectivity index (χ0) is 55.6. The number of nitrogens with one attached hydrogen (secondary N) is 4. The number of aliphatic hydroxyl groups excluding tert-OH is 2. The number of methoxy groups -OCH3 is 1. The summed E-state index contributed by atoms with van der Waals surface area (Å²) < 4.78 is 40.6. The van der Waals surface area contributed by atoms with Crippen molar-refractivity contribution in [3.63, 3.8) is 0 Å². The molecule has 0 aromatic rings. The molecule has 2 aliphatic heterocycles. The fraction of sp³-hybridized carbons (Fsp3) is 0.698. The van der Waals surface area contributed by atoms with E-state index in [1.807, 2.05) is 0 Å². The minimum atomic E-state index is -3.19. The Bertz CT molecular complexity index is 2180. The number of aliphatic carboxylic acids is 3. The largest absolute Gasteiger partial charge is 0.508 e. The Balaban J connectivity index is 2.23. The van der Waals surface area contributed by atoms with Crippen LogP contribution in [0.4, 0.5) is 0 Å². The van der Waals surface area contributed by atoms with Crippen LogP contribution in [0.25, 0.3) is 0 Å². The lowest BCUT2D eigenvalue weighted by Gasteiger charge is -2.52. The van der Waals surface area contributed by atoms with Crippen molar-refractivity contribution in [2.24, 2.45) is 5.92 Å². The van der Waals surface area contributed by atoms with Crippen LogP contribution in [-0.4, -0.2) is 214 Å². The maximum Gasteiger partial charge on any atom is 0.341 e. The number of rotatable bonds is 23. The molecule has 6 unspecified atom stereocenters. The van der Waals surface area contributed by atoms with E-state index in [0.29, 0.717) is 11.8 Å². The Morgan fingerprint density at radius 2 is 1.47 bits per heavy atom. The molecular formula is C43H62N4O23S3. The molecule has 30 heteroatoms. The molecule has 2 saturated heterocycles. The molecule has 1 aliphatic carbocycles. The summed E-state index contributed by atoms with van der Waals surface area (Å²) in [4.78, 5) is 112. The molecule has 3 rings (SSSR count).